The summed E-state index contributed by atoms with van der Waals surface area (Å²) in [5, 5.41) is 10.5. The number of carbonyl (C=O) groups excluding carboxylic acids is 3. The molecule has 220 valence electrons. The van der Waals surface area contributed by atoms with Crippen molar-refractivity contribution in [1.29, 1.82) is 0 Å². The maximum atomic E-state index is 13.4. The van der Waals surface area contributed by atoms with Gasteiger partial charge < -0.3 is 16.0 Å². The van der Waals surface area contributed by atoms with E-state index in [-0.39, 0.29) is 11.6 Å². The summed E-state index contributed by atoms with van der Waals surface area (Å²) in [7, 11) is 0. The van der Waals surface area contributed by atoms with Crippen LogP contribution in [0.4, 0.5) is 10.8 Å². The summed E-state index contributed by atoms with van der Waals surface area (Å²) in [6.07, 6.45) is 1.62. The zero-order valence-electron chi connectivity index (χ0n) is 23.5. The SMILES string of the molecule is CC(Sc1cccc(NC(=O)/C(=C/c2ccc(Br)cc2)NC(=O)c2ccccc2)c1)C(=O)Nc1nc(-c2ccccc2)cs1. The van der Waals surface area contributed by atoms with Crippen molar-refractivity contribution in [3.05, 3.63) is 136 Å². The summed E-state index contributed by atoms with van der Waals surface area (Å²) < 4.78 is 0.898. The molecule has 0 bridgehead atoms. The van der Waals surface area contributed by atoms with Gasteiger partial charge >= 0.3 is 0 Å². The van der Waals surface area contributed by atoms with Crippen molar-refractivity contribution in [1.82, 2.24) is 10.3 Å². The van der Waals surface area contributed by atoms with Gasteiger partial charge in [-0.1, -0.05) is 82.7 Å². The van der Waals surface area contributed by atoms with E-state index < -0.39 is 17.1 Å². The van der Waals surface area contributed by atoms with Crippen molar-refractivity contribution in [2.24, 2.45) is 0 Å². The van der Waals surface area contributed by atoms with Gasteiger partial charge in [0, 0.05) is 31.6 Å². The van der Waals surface area contributed by atoms with Crippen molar-refractivity contribution in [2.45, 2.75) is 17.1 Å². The summed E-state index contributed by atoms with van der Waals surface area (Å²) >= 11 is 6.15. The molecule has 7 nitrogen and oxygen atoms in total. The number of amides is 3. The second kappa shape index (κ2) is 14.8. The van der Waals surface area contributed by atoms with Crippen LogP contribution < -0.4 is 16.0 Å². The van der Waals surface area contributed by atoms with Crippen LogP contribution in [-0.2, 0) is 9.59 Å². The molecule has 1 unspecified atom stereocenters. The van der Waals surface area contributed by atoms with Gasteiger partial charge in [-0.05, 0) is 61.0 Å². The lowest BCUT2D eigenvalue weighted by molar-refractivity contribution is -0.115. The van der Waals surface area contributed by atoms with Crippen molar-refractivity contribution in [3.63, 3.8) is 0 Å². The van der Waals surface area contributed by atoms with E-state index in [0.717, 1.165) is 26.2 Å². The summed E-state index contributed by atoms with van der Waals surface area (Å²) in [4.78, 5) is 44.6. The number of carbonyl (C=O) groups is 3. The first-order valence-corrected chi connectivity index (χ1v) is 16.1. The maximum Gasteiger partial charge on any atom is 0.272 e. The lowest BCUT2D eigenvalue weighted by Crippen LogP contribution is -2.30. The third-order valence-electron chi connectivity index (χ3n) is 6.29. The Morgan fingerprint density at radius 2 is 1.57 bits per heavy atom. The number of hydrogen-bond acceptors (Lipinski definition) is 6. The Kier molecular flexibility index (Phi) is 10.4. The van der Waals surface area contributed by atoms with Crippen LogP contribution in [-0.4, -0.2) is 28.0 Å². The molecule has 1 aromatic heterocycles. The summed E-state index contributed by atoms with van der Waals surface area (Å²) in [5.41, 5.74) is 3.58. The highest BCUT2D eigenvalue weighted by atomic mass is 79.9. The van der Waals surface area contributed by atoms with Crippen LogP contribution in [0.15, 0.2) is 130 Å². The van der Waals surface area contributed by atoms with E-state index in [0.29, 0.717) is 16.4 Å². The predicted molar refractivity (Wildman–Crippen MR) is 183 cm³/mol. The molecule has 0 saturated heterocycles. The number of nitrogens with one attached hydrogen (secondary N) is 3. The Hall–Kier alpha value is -4.51. The largest absolute Gasteiger partial charge is 0.321 e. The number of aromatic nitrogens is 1. The van der Waals surface area contributed by atoms with Crippen molar-refractivity contribution in [2.75, 3.05) is 10.6 Å². The number of benzene rings is 4. The Balaban J connectivity index is 1.25. The first-order chi connectivity index (χ1) is 21.3. The van der Waals surface area contributed by atoms with Gasteiger partial charge in [0.25, 0.3) is 11.8 Å². The fourth-order valence-corrected chi connectivity index (χ4v) is 5.96. The van der Waals surface area contributed by atoms with Crippen LogP contribution in [0.2, 0.25) is 0 Å². The lowest BCUT2D eigenvalue weighted by atomic mass is 10.1. The number of rotatable bonds is 10. The normalized spacial score (nSPS) is 11.8. The first-order valence-electron chi connectivity index (χ1n) is 13.6. The van der Waals surface area contributed by atoms with Crippen molar-refractivity contribution < 1.29 is 14.4 Å². The fourth-order valence-electron chi connectivity index (χ4n) is 4.05. The second-order valence-corrected chi connectivity index (χ2v) is 12.8. The molecule has 0 fully saturated rings. The molecular formula is C34H27BrN4O3S2. The average molecular weight is 684 g/mol. The zero-order chi connectivity index (χ0) is 30.9. The molecule has 10 heteroatoms. The van der Waals surface area contributed by atoms with Gasteiger partial charge in [-0.2, -0.15) is 0 Å². The monoisotopic (exact) mass is 682 g/mol. The quantitative estimate of drug-likeness (QED) is 0.102. The van der Waals surface area contributed by atoms with Gasteiger partial charge in [0.2, 0.25) is 5.91 Å². The molecule has 4 aromatic carbocycles. The van der Waals surface area contributed by atoms with Gasteiger partial charge in [-0.3, -0.25) is 14.4 Å². The second-order valence-electron chi connectivity index (χ2n) is 9.56. The molecule has 3 amide bonds. The van der Waals surface area contributed by atoms with Gasteiger partial charge in [0.05, 0.1) is 10.9 Å². The zero-order valence-corrected chi connectivity index (χ0v) is 26.7. The van der Waals surface area contributed by atoms with Gasteiger partial charge in [0.1, 0.15) is 5.70 Å². The van der Waals surface area contributed by atoms with E-state index in [2.05, 4.69) is 36.9 Å². The molecule has 0 saturated carbocycles. The maximum absolute atomic E-state index is 13.4. The highest BCUT2D eigenvalue weighted by Gasteiger charge is 2.18. The van der Waals surface area contributed by atoms with Crippen LogP contribution in [0.3, 0.4) is 0 Å². The van der Waals surface area contributed by atoms with Crippen molar-refractivity contribution >= 4 is 73.6 Å². The topological polar surface area (TPSA) is 100 Å². The van der Waals surface area contributed by atoms with E-state index in [4.69, 9.17) is 0 Å². The highest BCUT2D eigenvalue weighted by molar-refractivity contribution is 9.10. The molecule has 0 radical (unpaired) electrons. The third-order valence-corrected chi connectivity index (χ3v) is 8.67. The lowest BCUT2D eigenvalue weighted by Gasteiger charge is -2.13. The molecule has 5 rings (SSSR count). The minimum atomic E-state index is -0.483. The molecule has 3 N–H and O–H groups in total. The molecule has 0 aliphatic carbocycles. The smallest absolute Gasteiger partial charge is 0.272 e. The highest BCUT2D eigenvalue weighted by Crippen LogP contribution is 2.29. The molecule has 5 aromatic rings. The molecule has 0 aliphatic rings. The minimum Gasteiger partial charge on any atom is -0.321 e. The summed E-state index contributed by atoms with van der Waals surface area (Å²) in [6.45, 7) is 1.81. The van der Waals surface area contributed by atoms with E-state index in [1.807, 2.05) is 79.0 Å². The standard InChI is InChI=1S/C34H27BrN4O3S2/c1-22(31(40)39-34-38-30(21-43-34)24-9-4-2-5-10-24)44-28-14-8-13-27(20-28)36-33(42)29(19-23-15-17-26(35)18-16-23)37-32(41)25-11-6-3-7-12-25/h2-22H,1H3,(H,36,42)(H,37,41)(H,38,39,40)/b29-19-. The molecule has 44 heavy (non-hydrogen) atoms. The number of hydrogen-bond donors (Lipinski definition) is 3. The molecular weight excluding hydrogens is 656 g/mol. The Morgan fingerprint density at radius 3 is 2.30 bits per heavy atom. The van der Waals surface area contributed by atoms with Gasteiger partial charge in [-0.25, -0.2) is 4.98 Å². The van der Waals surface area contributed by atoms with Gasteiger partial charge in [-0.15, -0.1) is 23.1 Å². The minimum absolute atomic E-state index is 0.0882. The number of nitrogens with zero attached hydrogens (tertiary/aromatic N) is 1. The molecule has 1 heterocycles. The summed E-state index contributed by atoms with van der Waals surface area (Å²) in [6, 6.07) is 33.1. The van der Waals surface area contributed by atoms with Crippen LogP contribution >= 0.6 is 39.0 Å². The average Bonchev–Trinajstić information content (AvgIpc) is 3.51. The molecule has 0 spiro atoms. The van der Waals surface area contributed by atoms with Crippen LogP contribution in [0.1, 0.15) is 22.8 Å². The fraction of sp³-hybridized carbons (Fsp3) is 0.0588. The predicted octanol–water partition coefficient (Wildman–Crippen LogP) is 8.10. The van der Waals surface area contributed by atoms with Gasteiger partial charge in [0.15, 0.2) is 5.13 Å². The number of thiazole rings is 1. The van der Waals surface area contributed by atoms with Crippen LogP contribution in [0.25, 0.3) is 17.3 Å². The third kappa shape index (κ3) is 8.53. The van der Waals surface area contributed by atoms with Crippen LogP contribution in [0.5, 0.6) is 0 Å². The molecule has 1 atom stereocenters. The van der Waals surface area contributed by atoms with Crippen LogP contribution in [0, 0.1) is 0 Å². The van der Waals surface area contributed by atoms with E-state index >= 15 is 0 Å². The Bertz CT molecular complexity index is 1790. The Labute approximate surface area is 272 Å². The number of halogens is 1. The number of thioether (sulfide) groups is 1. The van der Waals surface area contributed by atoms with E-state index in [1.165, 1.54) is 23.1 Å². The number of anilines is 2. The van der Waals surface area contributed by atoms with E-state index in [1.54, 1.807) is 48.5 Å². The molecule has 0 aliphatic heterocycles. The summed E-state index contributed by atoms with van der Waals surface area (Å²) in [5.74, 6) is -1.06. The van der Waals surface area contributed by atoms with E-state index in [9.17, 15) is 14.4 Å². The van der Waals surface area contributed by atoms with Crippen molar-refractivity contribution in [3.8, 4) is 11.3 Å². The first kappa shape index (κ1) is 30.9. The Morgan fingerprint density at radius 1 is 0.864 bits per heavy atom.